The number of methoxy groups -OCH3 is 4. The molecule has 0 fully saturated rings. The third kappa shape index (κ3) is 2.33. The molecule has 122 valence electrons. The Morgan fingerprint density at radius 2 is 1.08 bits per heavy atom. The maximum atomic E-state index is 9.53. The van der Waals surface area contributed by atoms with E-state index in [-0.39, 0.29) is 0 Å². The second kappa shape index (κ2) is 6.17. The second-order valence-corrected chi connectivity index (χ2v) is 5.22. The van der Waals surface area contributed by atoms with Crippen LogP contribution in [0.3, 0.4) is 0 Å². The van der Waals surface area contributed by atoms with Crippen LogP contribution in [0.25, 0.3) is 21.5 Å². The van der Waals surface area contributed by atoms with Gasteiger partial charge in [0.15, 0.2) is 23.0 Å². The lowest BCUT2D eigenvalue weighted by Crippen LogP contribution is -1.94. The van der Waals surface area contributed by atoms with Crippen molar-refractivity contribution in [3.05, 3.63) is 35.9 Å². The lowest BCUT2D eigenvalue weighted by Gasteiger charge is -2.14. The highest BCUT2D eigenvalue weighted by atomic mass is 16.5. The molecule has 0 saturated carbocycles. The third-order valence-electron chi connectivity index (χ3n) is 4.08. The van der Waals surface area contributed by atoms with Gasteiger partial charge in [-0.2, -0.15) is 5.26 Å². The van der Waals surface area contributed by atoms with Gasteiger partial charge in [0.2, 0.25) is 0 Å². The summed E-state index contributed by atoms with van der Waals surface area (Å²) < 4.78 is 21.5. The van der Waals surface area contributed by atoms with Crippen molar-refractivity contribution in [2.75, 3.05) is 28.4 Å². The summed E-state index contributed by atoms with van der Waals surface area (Å²) in [7, 11) is 6.34. The SMILES string of the molecule is COc1cc2cc(C#N)c3cc(OC)c(OC)cc3c2cc1OC. The van der Waals surface area contributed by atoms with Gasteiger partial charge in [0.25, 0.3) is 0 Å². The number of nitrogens with zero attached hydrogens (tertiary/aromatic N) is 1. The largest absolute Gasteiger partial charge is 0.493 e. The van der Waals surface area contributed by atoms with Gasteiger partial charge >= 0.3 is 0 Å². The molecule has 3 aromatic rings. The maximum absolute atomic E-state index is 9.53. The van der Waals surface area contributed by atoms with Gasteiger partial charge in [-0.15, -0.1) is 0 Å². The van der Waals surface area contributed by atoms with Crippen molar-refractivity contribution in [2.45, 2.75) is 0 Å². The van der Waals surface area contributed by atoms with Crippen LogP contribution in [0.4, 0.5) is 0 Å². The molecule has 0 heterocycles. The number of ether oxygens (including phenoxy) is 4. The van der Waals surface area contributed by atoms with Crippen molar-refractivity contribution in [1.82, 2.24) is 0 Å². The summed E-state index contributed by atoms with van der Waals surface area (Å²) in [4.78, 5) is 0. The molecule has 0 amide bonds. The molecular weight excluding hydrogens is 306 g/mol. The van der Waals surface area contributed by atoms with Gasteiger partial charge in [0, 0.05) is 5.39 Å². The number of hydrogen-bond acceptors (Lipinski definition) is 5. The van der Waals surface area contributed by atoms with Crippen LogP contribution >= 0.6 is 0 Å². The van der Waals surface area contributed by atoms with Crippen LogP contribution in [-0.4, -0.2) is 28.4 Å². The maximum Gasteiger partial charge on any atom is 0.161 e. The molecule has 0 aliphatic carbocycles. The Labute approximate surface area is 139 Å². The van der Waals surface area contributed by atoms with Crippen molar-refractivity contribution in [2.24, 2.45) is 0 Å². The average Bonchev–Trinajstić information content (AvgIpc) is 2.64. The molecule has 3 rings (SSSR count). The Morgan fingerprint density at radius 3 is 1.58 bits per heavy atom. The fourth-order valence-corrected chi connectivity index (χ4v) is 2.90. The van der Waals surface area contributed by atoms with E-state index in [2.05, 4.69) is 6.07 Å². The van der Waals surface area contributed by atoms with Crippen LogP contribution in [0.5, 0.6) is 23.0 Å². The zero-order chi connectivity index (χ0) is 17.3. The summed E-state index contributed by atoms with van der Waals surface area (Å²) in [5.41, 5.74) is 0.561. The van der Waals surface area contributed by atoms with Crippen LogP contribution in [0, 0.1) is 11.3 Å². The van der Waals surface area contributed by atoms with Gasteiger partial charge < -0.3 is 18.9 Å². The quantitative estimate of drug-likeness (QED) is 0.682. The van der Waals surface area contributed by atoms with Crippen molar-refractivity contribution in [1.29, 1.82) is 5.26 Å². The van der Waals surface area contributed by atoms with E-state index < -0.39 is 0 Å². The fourth-order valence-electron chi connectivity index (χ4n) is 2.90. The van der Waals surface area contributed by atoms with Gasteiger partial charge in [-0.25, -0.2) is 0 Å². The summed E-state index contributed by atoms with van der Waals surface area (Å²) in [6, 6.07) is 11.6. The first-order valence-corrected chi connectivity index (χ1v) is 7.31. The topological polar surface area (TPSA) is 60.7 Å². The summed E-state index contributed by atoms with van der Waals surface area (Å²) in [5, 5.41) is 13.1. The molecule has 0 N–H and O–H groups in total. The minimum Gasteiger partial charge on any atom is -0.493 e. The van der Waals surface area contributed by atoms with Crippen LogP contribution in [-0.2, 0) is 0 Å². The van der Waals surface area contributed by atoms with E-state index in [0.29, 0.717) is 28.6 Å². The van der Waals surface area contributed by atoms with Gasteiger partial charge in [-0.1, -0.05) is 0 Å². The molecule has 3 aromatic carbocycles. The zero-order valence-corrected chi connectivity index (χ0v) is 14.0. The predicted octanol–water partition coefficient (Wildman–Crippen LogP) is 3.90. The summed E-state index contributed by atoms with van der Waals surface area (Å²) in [5.74, 6) is 2.44. The van der Waals surface area contributed by atoms with E-state index in [1.165, 1.54) is 0 Å². The highest BCUT2D eigenvalue weighted by Crippen LogP contribution is 2.40. The van der Waals surface area contributed by atoms with E-state index in [4.69, 9.17) is 18.9 Å². The molecule has 0 saturated heterocycles. The van der Waals surface area contributed by atoms with E-state index >= 15 is 0 Å². The molecule has 0 spiro atoms. The highest BCUT2D eigenvalue weighted by molar-refractivity contribution is 6.11. The lowest BCUT2D eigenvalue weighted by molar-refractivity contribution is 0.355. The van der Waals surface area contributed by atoms with Crippen molar-refractivity contribution in [3.63, 3.8) is 0 Å². The van der Waals surface area contributed by atoms with E-state index in [1.54, 1.807) is 28.4 Å². The molecule has 0 aliphatic rings. The van der Waals surface area contributed by atoms with Crippen LogP contribution in [0.15, 0.2) is 30.3 Å². The summed E-state index contributed by atoms with van der Waals surface area (Å²) in [6.45, 7) is 0. The molecule has 0 radical (unpaired) electrons. The van der Waals surface area contributed by atoms with Crippen LogP contribution in [0.2, 0.25) is 0 Å². The molecular formula is C19H17NO4. The minimum atomic E-state index is 0.561. The van der Waals surface area contributed by atoms with Gasteiger partial charge in [0.1, 0.15) is 0 Å². The zero-order valence-electron chi connectivity index (χ0n) is 14.0. The molecule has 0 aliphatic heterocycles. The number of rotatable bonds is 4. The standard InChI is InChI=1S/C19H17NO4/c1-21-16-6-11-5-12(10-20)14-8-18(23-3)19(24-4)9-15(14)13(11)7-17(16)22-2/h5-9H,1-4H3. The van der Waals surface area contributed by atoms with Gasteiger partial charge in [0.05, 0.1) is 40.1 Å². The number of fused-ring (bicyclic) bond motifs is 3. The first kappa shape index (κ1) is 15.8. The third-order valence-corrected chi connectivity index (χ3v) is 4.08. The van der Waals surface area contributed by atoms with Crippen molar-refractivity contribution in [3.8, 4) is 29.1 Å². The molecule has 0 aromatic heterocycles. The first-order valence-electron chi connectivity index (χ1n) is 7.31. The lowest BCUT2D eigenvalue weighted by atomic mass is 9.96. The van der Waals surface area contributed by atoms with E-state index in [1.807, 2.05) is 30.3 Å². The van der Waals surface area contributed by atoms with E-state index in [9.17, 15) is 5.26 Å². The molecule has 5 nitrogen and oxygen atoms in total. The Hall–Kier alpha value is -3.13. The monoisotopic (exact) mass is 323 g/mol. The smallest absolute Gasteiger partial charge is 0.161 e. The van der Waals surface area contributed by atoms with Crippen molar-refractivity contribution < 1.29 is 18.9 Å². The summed E-state index contributed by atoms with van der Waals surface area (Å²) >= 11 is 0. The average molecular weight is 323 g/mol. The minimum absolute atomic E-state index is 0.561. The predicted molar refractivity (Wildman–Crippen MR) is 92.4 cm³/mol. The van der Waals surface area contributed by atoms with Crippen LogP contribution in [0.1, 0.15) is 5.56 Å². The normalized spacial score (nSPS) is 10.5. The fraction of sp³-hybridized carbons (Fsp3) is 0.211. The van der Waals surface area contributed by atoms with Gasteiger partial charge in [-0.05, 0) is 46.5 Å². The molecule has 0 atom stereocenters. The van der Waals surface area contributed by atoms with Crippen molar-refractivity contribution >= 4 is 21.5 Å². The molecule has 5 heteroatoms. The molecule has 0 bridgehead atoms. The van der Waals surface area contributed by atoms with Crippen LogP contribution < -0.4 is 18.9 Å². The number of benzene rings is 3. The molecule has 24 heavy (non-hydrogen) atoms. The molecule has 0 unspecified atom stereocenters. The summed E-state index contributed by atoms with van der Waals surface area (Å²) in [6.07, 6.45) is 0. The Morgan fingerprint density at radius 1 is 0.625 bits per heavy atom. The first-order chi connectivity index (χ1) is 11.7. The number of nitriles is 1. The van der Waals surface area contributed by atoms with E-state index in [0.717, 1.165) is 21.5 Å². The second-order valence-electron chi connectivity index (χ2n) is 5.22. The Bertz CT molecular complexity index is 973. The number of hydrogen-bond donors (Lipinski definition) is 0. The Kier molecular flexibility index (Phi) is 4.05. The van der Waals surface area contributed by atoms with Gasteiger partial charge in [-0.3, -0.25) is 0 Å². The Balaban J connectivity index is 2.49. The highest BCUT2D eigenvalue weighted by Gasteiger charge is 2.15.